The van der Waals surface area contributed by atoms with Crippen LogP contribution >= 0.6 is 0 Å². The van der Waals surface area contributed by atoms with Gasteiger partial charge in [-0.1, -0.05) is 37.3 Å². The van der Waals surface area contributed by atoms with Gasteiger partial charge in [-0.3, -0.25) is 4.98 Å². The topological polar surface area (TPSA) is 16.1 Å². The van der Waals surface area contributed by atoms with Crippen LogP contribution in [0.5, 0.6) is 0 Å². The summed E-state index contributed by atoms with van der Waals surface area (Å²) in [6, 6.07) is 9.33. The molecule has 0 N–H and O–H groups in total. The number of hydrogen-bond donors (Lipinski definition) is 0. The smallest absolute Gasteiger partial charge is 0.0665 e. The number of nitrogens with zero attached hydrogens (tertiary/aromatic N) is 2. The van der Waals surface area contributed by atoms with Crippen LogP contribution in [0, 0.1) is 6.92 Å². The monoisotopic (exact) mass is 344 g/mol. The number of aromatic nitrogens is 1. The molecule has 2 aromatic rings. The van der Waals surface area contributed by atoms with E-state index in [0.717, 1.165) is 44.3 Å². The molecule has 0 saturated heterocycles. The Morgan fingerprint density at radius 3 is 2.81 bits per heavy atom. The molecule has 0 radical (unpaired) electrons. The fourth-order valence-electron chi connectivity index (χ4n) is 4.26. The molecular weight excluding hydrogens is 316 g/mol. The van der Waals surface area contributed by atoms with Crippen LogP contribution in [0.3, 0.4) is 0 Å². The van der Waals surface area contributed by atoms with Gasteiger partial charge in [0.2, 0.25) is 0 Å². The molecule has 1 aromatic carbocycles. The van der Waals surface area contributed by atoms with Gasteiger partial charge in [-0.05, 0) is 73.1 Å². The van der Waals surface area contributed by atoms with E-state index >= 15 is 0 Å². The summed E-state index contributed by atoms with van der Waals surface area (Å²) >= 11 is 0. The Balaban J connectivity index is 1.61. The second-order valence-corrected chi connectivity index (χ2v) is 7.55. The highest BCUT2D eigenvalue weighted by Gasteiger charge is 2.20. The van der Waals surface area contributed by atoms with Crippen LogP contribution in [0.1, 0.15) is 54.1 Å². The van der Waals surface area contributed by atoms with Gasteiger partial charge in [-0.25, -0.2) is 0 Å². The number of allylic oxidation sites excluding steroid dienone is 1. The van der Waals surface area contributed by atoms with Crippen molar-refractivity contribution in [3.05, 3.63) is 68.9 Å². The minimum atomic E-state index is 1.03. The van der Waals surface area contributed by atoms with E-state index in [4.69, 9.17) is 4.98 Å². The first kappa shape index (κ1) is 17.1. The number of hydrogen-bond acceptors (Lipinski definition) is 2. The molecular formula is C24H28N2. The molecule has 1 aromatic heterocycles. The van der Waals surface area contributed by atoms with Gasteiger partial charge in [-0.15, -0.1) is 0 Å². The lowest BCUT2D eigenvalue weighted by Gasteiger charge is -2.13. The summed E-state index contributed by atoms with van der Waals surface area (Å²) in [5.41, 5.74) is 8.30. The highest BCUT2D eigenvalue weighted by atomic mass is 15.1. The van der Waals surface area contributed by atoms with Gasteiger partial charge in [0.15, 0.2) is 0 Å². The van der Waals surface area contributed by atoms with Crippen LogP contribution in [-0.2, 0) is 19.4 Å². The molecule has 1 aliphatic heterocycles. The lowest BCUT2D eigenvalue weighted by Crippen LogP contribution is -2.34. The maximum absolute atomic E-state index is 4.72. The first-order valence-electron chi connectivity index (χ1n) is 9.86. The maximum Gasteiger partial charge on any atom is 0.0665 e. The molecule has 0 bridgehead atoms. The van der Waals surface area contributed by atoms with Crippen LogP contribution in [-0.4, -0.2) is 16.9 Å². The molecule has 26 heavy (non-hydrogen) atoms. The highest BCUT2D eigenvalue weighted by molar-refractivity contribution is 5.71. The Bertz CT molecular complexity index is 982. The predicted molar refractivity (Wildman–Crippen MR) is 110 cm³/mol. The van der Waals surface area contributed by atoms with Crippen LogP contribution in [0.4, 0.5) is 0 Å². The molecule has 2 heterocycles. The lowest BCUT2D eigenvalue weighted by atomic mass is 9.97. The molecule has 0 fully saturated rings. The van der Waals surface area contributed by atoms with Crippen molar-refractivity contribution in [1.29, 1.82) is 0 Å². The first-order valence-corrected chi connectivity index (χ1v) is 9.86. The Kier molecular flexibility index (Phi) is 4.67. The highest BCUT2D eigenvalue weighted by Crippen LogP contribution is 2.32. The molecule has 1 aliphatic carbocycles. The molecule has 0 amide bonds. The average Bonchev–Trinajstić information content (AvgIpc) is 2.95. The van der Waals surface area contributed by atoms with Gasteiger partial charge in [0.1, 0.15) is 0 Å². The minimum absolute atomic E-state index is 1.03. The van der Waals surface area contributed by atoms with Crippen LogP contribution < -0.4 is 10.6 Å². The summed E-state index contributed by atoms with van der Waals surface area (Å²) in [6.07, 6.45) is 12.5. The van der Waals surface area contributed by atoms with E-state index in [1.807, 2.05) is 0 Å². The summed E-state index contributed by atoms with van der Waals surface area (Å²) in [4.78, 5) is 7.08. The fourth-order valence-corrected chi connectivity index (χ4v) is 4.26. The molecule has 134 valence electrons. The SMILES string of the molecule is CC/C=C1/c2cc(CCc3cc(C)nc4c3=CCCC=4)ccc2CN1C. The zero-order chi connectivity index (χ0) is 18.1. The standard InChI is InChI=1S/C24H28N2/c1-4-7-24-22-15-18(11-13-20(22)16-26(24)3)10-12-19-14-17(2)25-23-9-6-5-8-21(19)23/h7-9,11,13-15H,4-6,10,12,16H2,1-3H3/b24-7-. The number of benzene rings is 1. The van der Waals surface area contributed by atoms with Crippen molar-refractivity contribution in [2.45, 2.75) is 52.5 Å². The quantitative estimate of drug-likeness (QED) is 0.840. The first-order chi connectivity index (χ1) is 12.7. The average molecular weight is 345 g/mol. The zero-order valence-electron chi connectivity index (χ0n) is 16.2. The normalized spacial score (nSPS) is 16.9. The van der Waals surface area contributed by atoms with Gasteiger partial charge in [0, 0.05) is 30.5 Å². The van der Waals surface area contributed by atoms with Gasteiger partial charge in [0.05, 0.1) is 5.35 Å². The third-order valence-electron chi connectivity index (χ3n) is 5.50. The minimum Gasteiger partial charge on any atom is -0.370 e. The Hall–Kier alpha value is -2.35. The second-order valence-electron chi connectivity index (χ2n) is 7.55. The summed E-state index contributed by atoms with van der Waals surface area (Å²) in [6.45, 7) is 5.35. The predicted octanol–water partition coefficient (Wildman–Crippen LogP) is 3.73. The van der Waals surface area contributed by atoms with Crippen molar-refractivity contribution in [2.75, 3.05) is 7.05 Å². The number of rotatable bonds is 4. The van der Waals surface area contributed by atoms with E-state index in [2.05, 4.69) is 68.3 Å². The van der Waals surface area contributed by atoms with Gasteiger partial charge in [0.25, 0.3) is 0 Å². The number of fused-ring (bicyclic) bond motifs is 2. The second kappa shape index (κ2) is 7.11. The van der Waals surface area contributed by atoms with Gasteiger partial charge >= 0.3 is 0 Å². The summed E-state index contributed by atoms with van der Waals surface area (Å²) in [5.74, 6) is 0. The largest absolute Gasteiger partial charge is 0.370 e. The zero-order valence-corrected chi connectivity index (χ0v) is 16.2. The van der Waals surface area contributed by atoms with E-state index in [0.29, 0.717) is 0 Å². The third-order valence-corrected chi connectivity index (χ3v) is 5.50. The summed E-state index contributed by atoms with van der Waals surface area (Å²) in [5, 5.41) is 2.56. The van der Waals surface area contributed by atoms with Crippen LogP contribution in [0.25, 0.3) is 17.8 Å². The Labute approximate surface area is 156 Å². The van der Waals surface area contributed by atoms with E-state index in [9.17, 15) is 0 Å². The number of pyridine rings is 1. The van der Waals surface area contributed by atoms with Crippen molar-refractivity contribution in [2.24, 2.45) is 0 Å². The Morgan fingerprint density at radius 2 is 1.96 bits per heavy atom. The van der Waals surface area contributed by atoms with E-state index in [1.165, 1.54) is 38.5 Å². The summed E-state index contributed by atoms with van der Waals surface area (Å²) in [7, 11) is 2.19. The molecule has 2 heteroatoms. The fraction of sp³-hybridized carbons (Fsp3) is 0.375. The van der Waals surface area contributed by atoms with E-state index in [-0.39, 0.29) is 0 Å². The van der Waals surface area contributed by atoms with Crippen molar-refractivity contribution in [3.8, 4) is 0 Å². The Morgan fingerprint density at radius 1 is 1.12 bits per heavy atom. The molecule has 4 rings (SSSR count). The molecule has 0 atom stereocenters. The van der Waals surface area contributed by atoms with Crippen molar-refractivity contribution in [1.82, 2.24) is 9.88 Å². The van der Waals surface area contributed by atoms with E-state index in [1.54, 1.807) is 0 Å². The third kappa shape index (κ3) is 3.21. The number of aryl methyl sites for hydroxylation is 3. The van der Waals surface area contributed by atoms with Crippen molar-refractivity contribution in [3.63, 3.8) is 0 Å². The van der Waals surface area contributed by atoms with Gasteiger partial charge in [-0.2, -0.15) is 0 Å². The van der Waals surface area contributed by atoms with Crippen LogP contribution in [0.2, 0.25) is 0 Å². The molecule has 2 aliphatic rings. The molecule has 2 nitrogen and oxygen atoms in total. The van der Waals surface area contributed by atoms with Crippen molar-refractivity contribution < 1.29 is 0 Å². The maximum atomic E-state index is 4.72. The molecule has 0 unspecified atom stereocenters. The summed E-state index contributed by atoms with van der Waals surface area (Å²) < 4.78 is 0. The lowest BCUT2D eigenvalue weighted by molar-refractivity contribution is 0.499. The molecule has 0 saturated carbocycles. The van der Waals surface area contributed by atoms with Gasteiger partial charge < -0.3 is 4.90 Å². The van der Waals surface area contributed by atoms with Crippen LogP contribution in [0.15, 0.2) is 30.3 Å². The van der Waals surface area contributed by atoms with E-state index < -0.39 is 0 Å². The van der Waals surface area contributed by atoms with Crippen molar-refractivity contribution >= 4 is 17.8 Å². The molecule has 0 spiro atoms.